The molecule has 6 heteroatoms. The fourth-order valence-corrected chi connectivity index (χ4v) is 3.39. The molecule has 4 nitrogen and oxygen atoms in total. The minimum Gasteiger partial charge on any atom is -0.369 e. The number of aromatic amines is 1. The van der Waals surface area contributed by atoms with E-state index in [1.54, 1.807) is 12.1 Å². The van der Waals surface area contributed by atoms with Gasteiger partial charge in [-0.1, -0.05) is 29.8 Å². The lowest BCUT2D eigenvalue weighted by atomic mass is 10.1. The lowest BCUT2D eigenvalue weighted by molar-refractivity contribution is 0.313. The molecule has 0 unspecified atom stereocenters. The molecule has 1 fully saturated rings. The van der Waals surface area contributed by atoms with Crippen molar-refractivity contribution in [1.82, 2.24) is 14.9 Å². The maximum absolute atomic E-state index is 13.8. The topological polar surface area (TPSA) is 35.2 Å². The van der Waals surface area contributed by atoms with Crippen molar-refractivity contribution in [3.05, 3.63) is 59.7 Å². The second-order valence-corrected chi connectivity index (χ2v) is 7.00. The number of aromatic nitrogens is 2. The highest BCUT2D eigenvalue weighted by molar-refractivity contribution is 6.50. The van der Waals surface area contributed by atoms with Gasteiger partial charge in [0, 0.05) is 31.9 Å². The lowest BCUT2D eigenvalue weighted by Crippen LogP contribution is -2.44. The van der Waals surface area contributed by atoms with Gasteiger partial charge in [-0.2, -0.15) is 0 Å². The quantitative estimate of drug-likeness (QED) is 0.750. The van der Waals surface area contributed by atoms with Crippen LogP contribution in [-0.2, 0) is 0 Å². The smallest absolute Gasteiger partial charge is 0.151 e. The summed E-state index contributed by atoms with van der Waals surface area (Å²) in [5.41, 5.74) is 3.14. The first kappa shape index (κ1) is 17.1. The van der Waals surface area contributed by atoms with E-state index in [-0.39, 0.29) is 5.82 Å². The second kappa shape index (κ2) is 7.09. The number of nitrogens with one attached hydrogen (secondary N) is 1. The van der Waals surface area contributed by atoms with Gasteiger partial charge in [0.25, 0.3) is 0 Å². The second-order valence-electron chi connectivity index (χ2n) is 6.60. The molecule has 1 aliphatic heterocycles. The predicted molar refractivity (Wildman–Crippen MR) is 106 cm³/mol. The summed E-state index contributed by atoms with van der Waals surface area (Å²) in [5.74, 6) is 0.112. The number of H-pyrrole nitrogens is 1. The zero-order valence-corrected chi connectivity index (χ0v) is 15.3. The van der Waals surface area contributed by atoms with Gasteiger partial charge in [-0.15, -0.1) is 0 Å². The molecule has 1 N–H and O–H groups in total. The molecule has 0 aliphatic carbocycles. The normalized spacial score (nSPS) is 16.4. The first-order chi connectivity index (χ1) is 12.6. The molecule has 0 saturated carbocycles. The van der Waals surface area contributed by atoms with Crippen LogP contribution >= 0.6 is 11.6 Å². The monoisotopic (exact) mass is 370 g/mol. The van der Waals surface area contributed by atoms with Gasteiger partial charge in [-0.05, 0) is 43.0 Å². The molecule has 2 aromatic carbocycles. The standard InChI is InChI=1S/C20H20ClFN4/c1-25-9-11-26(12-10-25)15-7-5-14(6-8-15)13-16(21)20-23-18-4-2-3-17(22)19(18)24-20/h2-8,13H,9-12H2,1H3,(H,23,24)/b16-13-. The molecule has 0 atom stereocenters. The number of rotatable bonds is 3. The van der Waals surface area contributed by atoms with Gasteiger partial charge in [-0.3, -0.25) is 0 Å². The summed E-state index contributed by atoms with van der Waals surface area (Å²) in [6, 6.07) is 13.1. The van der Waals surface area contributed by atoms with Crippen LogP contribution in [0.2, 0.25) is 0 Å². The highest BCUT2D eigenvalue weighted by Gasteiger charge is 2.14. The van der Waals surface area contributed by atoms with Gasteiger partial charge >= 0.3 is 0 Å². The molecule has 26 heavy (non-hydrogen) atoms. The third-order valence-corrected chi connectivity index (χ3v) is 5.03. The molecule has 4 rings (SSSR count). The highest BCUT2D eigenvalue weighted by Crippen LogP contribution is 2.25. The van der Waals surface area contributed by atoms with E-state index in [0.29, 0.717) is 21.9 Å². The number of fused-ring (bicyclic) bond motifs is 1. The molecular formula is C20H20ClFN4. The Morgan fingerprint density at radius 3 is 2.54 bits per heavy atom. The summed E-state index contributed by atoms with van der Waals surface area (Å²) >= 11 is 6.40. The number of benzene rings is 2. The molecular weight excluding hydrogens is 351 g/mol. The van der Waals surface area contributed by atoms with E-state index in [1.165, 1.54) is 11.8 Å². The average Bonchev–Trinajstić information content (AvgIpc) is 3.09. The van der Waals surface area contributed by atoms with Crippen LogP contribution in [-0.4, -0.2) is 48.1 Å². The van der Waals surface area contributed by atoms with Gasteiger partial charge in [0.15, 0.2) is 5.82 Å². The van der Waals surface area contributed by atoms with Gasteiger partial charge < -0.3 is 14.8 Å². The van der Waals surface area contributed by atoms with Crippen molar-refractivity contribution in [3.63, 3.8) is 0 Å². The van der Waals surface area contributed by atoms with E-state index in [1.807, 2.05) is 18.2 Å². The van der Waals surface area contributed by atoms with Crippen molar-refractivity contribution in [2.45, 2.75) is 0 Å². The summed E-state index contributed by atoms with van der Waals surface area (Å²) < 4.78 is 13.8. The van der Waals surface area contributed by atoms with Crippen LogP contribution in [0, 0.1) is 5.82 Å². The summed E-state index contributed by atoms with van der Waals surface area (Å²) in [7, 11) is 2.15. The molecule has 0 amide bonds. The zero-order valence-electron chi connectivity index (χ0n) is 14.5. The molecule has 134 valence electrons. The number of nitrogens with zero attached hydrogens (tertiary/aromatic N) is 3. The number of imidazole rings is 1. The van der Waals surface area contributed by atoms with Crippen LogP contribution in [0.5, 0.6) is 0 Å². The molecule has 0 bridgehead atoms. The van der Waals surface area contributed by atoms with Crippen molar-refractivity contribution < 1.29 is 4.39 Å². The first-order valence-corrected chi connectivity index (χ1v) is 9.03. The van der Waals surface area contributed by atoms with E-state index < -0.39 is 0 Å². The summed E-state index contributed by atoms with van der Waals surface area (Å²) in [5, 5.41) is 0.452. The summed E-state index contributed by atoms with van der Waals surface area (Å²) in [4.78, 5) is 12.0. The fraction of sp³-hybridized carbons (Fsp3) is 0.250. The fourth-order valence-electron chi connectivity index (χ4n) is 3.17. The molecule has 1 aliphatic rings. The average molecular weight is 371 g/mol. The van der Waals surface area contributed by atoms with Crippen molar-refractivity contribution >= 4 is 39.4 Å². The van der Waals surface area contributed by atoms with E-state index in [0.717, 1.165) is 31.7 Å². The van der Waals surface area contributed by atoms with Crippen LogP contribution in [0.3, 0.4) is 0 Å². The Balaban J connectivity index is 1.54. The molecule has 1 aromatic heterocycles. The Labute approximate surface area is 156 Å². The van der Waals surface area contributed by atoms with Gasteiger partial charge in [0.2, 0.25) is 0 Å². The van der Waals surface area contributed by atoms with Gasteiger partial charge in [0.1, 0.15) is 11.3 Å². The molecule has 2 heterocycles. The number of piperazine rings is 1. The van der Waals surface area contributed by atoms with E-state index >= 15 is 0 Å². The Hall–Kier alpha value is -2.37. The third-order valence-electron chi connectivity index (χ3n) is 4.74. The predicted octanol–water partition coefficient (Wildman–Crippen LogP) is 4.19. The van der Waals surface area contributed by atoms with E-state index in [4.69, 9.17) is 11.6 Å². The molecule has 0 spiro atoms. The van der Waals surface area contributed by atoms with E-state index in [9.17, 15) is 4.39 Å². The number of hydrogen-bond donors (Lipinski definition) is 1. The number of para-hydroxylation sites is 1. The Bertz CT molecular complexity index is 940. The van der Waals surface area contributed by atoms with Crippen molar-refractivity contribution in [2.24, 2.45) is 0 Å². The van der Waals surface area contributed by atoms with Crippen LogP contribution in [0.15, 0.2) is 42.5 Å². The van der Waals surface area contributed by atoms with Crippen LogP contribution in [0.25, 0.3) is 22.1 Å². The number of halogens is 2. The summed E-state index contributed by atoms with van der Waals surface area (Å²) in [6.07, 6.45) is 1.84. The SMILES string of the molecule is CN1CCN(c2ccc(/C=C(\Cl)c3nc4c(F)cccc4[nH]3)cc2)CC1. The Kier molecular flexibility index (Phi) is 4.66. The minimum absolute atomic E-state index is 0.305. The largest absolute Gasteiger partial charge is 0.369 e. The van der Waals surface area contributed by atoms with Crippen LogP contribution < -0.4 is 4.90 Å². The number of anilines is 1. The van der Waals surface area contributed by atoms with Crippen molar-refractivity contribution in [2.75, 3.05) is 38.1 Å². The Morgan fingerprint density at radius 2 is 1.85 bits per heavy atom. The number of hydrogen-bond acceptors (Lipinski definition) is 3. The minimum atomic E-state index is -0.356. The van der Waals surface area contributed by atoms with Crippen molar-refractivity contribution in [1.29, 1.82) is 0 Å². The first-order valence-electron chi connectivity index (χ1n) is 8.65. The van der Waals surface area contributed by atoms with E-state index in [2.05, 4.69) is 38.9 Å². The van der Waals surface area contributed by atoms with Crippen LogP contribution in [0.4, 0.5) is 10.1 Å². The molecule has 0 radical (unpaired) electrons. The van der Waals surface area contributed by atoms with Crippen LogP contribution in [0.1, 0.15) is 11.4 Å². The molecule has 3 aromatic rings. The Morgan fingerprint density at radius 1 is 1.12 bits per heavy atom. The van der Waals surface area contributed by atoms with Gasteiger partial charge in [0.05, 0.1) is 10.5 Å². The number of likely N-dealkylation sites (N-methyl/N-ethyl adjacent to an activating group) is 1. The van der Waals surface area contributed by atoms with Gasteiger partial charge in [-0.25, -0.2) is 9.37 Å². The zero-order chi connectivity index (χ0) is 18.1. The highest BCUT2D eigenvalue weighted by atomic mass is 35.5. The maximum Gasteiger partial charge on any atom is 0.151 e. The third kappa shape index (κ3) is 3.45. The lowest BCUT2D eigenvalue weighted by Gasteiger charge is -2.34. The van der Waals surface area contributed by atoms with Crippen molar-refractivity contribution in [3.8, 4) is 0 Å². The maximum atomic E-state index is 13.8. The molecule has 1 saturated heterocycles. The summed E-state index contributed by atoms with van der Waals surface area (Å²) in [6.45, 7) is 4.24.